The van der Waals surface area contributed by atoms with E-state index in [0.717, 1.165) is 0 Å². The Morgan fingerprint density at radius 2 is 2.00 bits per heavy atom. The van der Waals surface area contributed by atoms with Crippen molar-refractivity contribution in [2.45, 2.75) is 33.3 Å². The summed E-state index contributed by atoms with van der Waals surface area (Å²) in [5, 5.41) is 11.0. The van der Waals surface area contributed by atoms with E-state index in [1.165, 1.54) is 19.2 Å². The quantitative estimate of drug-likeness (QED) is 0.449. The zero-order valence-corrected chi connectivity index (χ0v) is 11.4. The average molecular weight is 267 g/mol. The van der Waals surface area contributed by atoms with Crippen LogP contribution in [0, 0.1) is 10.1 Å². The van der Waals surface area contributed by atoms with E-state index in [-0.39, 0.29) is 35.3 Å². The summed E-state index contributed by atoms with van der Waals surface area (Å²) in [5.41, 5.74) is -0.219. The van der Waals surface area contributed by atoms with Crippen molar-refractivity contribution in [2.75, 3.05) is 7.11 Å². The van der Waals surface area contributed by atoms with E-state index in [1.54, 1.807) is 6.92 Å². The second-order valence-electron chi connectivity index (χ2n) is 4.22. The standard InChI is InChI=1S/C13H17NO5/c1-5-11(15)9-6-13(19-8(2)3)12(18-4)7-10(9)14(16)17/h6-8H,5H2,1-4H3. The second-order valence-corrected chi connectivity index (χ2v) is 4.22. The van der Waals surface area contributed by atoms with Crippen molar-refractivity contribution in [3.05, 3.63) is 27.8 Å². The molecule has 1 rings (SSSR count). The number of nitrogens with zero attached hydrogens (tertiary/aromatic N) is 1. The van der Waals surface area contributed by atoms with E-state index >= 15 is 0 Å². The lowest BCUT2D eigenvalue weighted by atomic mass is 10.1. The van der Waals surface area contributed by atoms with Crippen LogP contribution in [0.25, 0.3) is 0 Å². The van der Waals surface area contributed by atoms with Gasteiger partial charge in [-0.3, -0.25) is 14.9 Å². The van der Waals surface area contributed by atoms with Crippen LogP contribution in [0.2, 0.25) is 0 Å². The van der Waals surface area contributed by atoms with Gasteiger partial charge in [0.15, 0.2) is 17.3 Å². The minimum Gasteiger partial charge on any atom is -0.493 e. The molecule has 0 N–H and O–H groups in total. The number of nitro groups is 1. The van der Waals surface area contributed by atoms with Crippen LogP contribution in [0.3, 0.4) is 0 Å². The van der Waals surface area contributed by atoms with Crippen LogP contribution in [-0.4, -0.2) is 23.9 Å². The third-order valence-corrected chi connectivity index (χ3v) is 2.46. The highest BCUT2D eigenvalue weighted by Gasteiger charge is 2.23. The SMILES string of the molecule is CCC(=O)c1cc(OC(C)C)c(OC)cc1[N+](=O)[O-]. The van der Waals surface area contributed by atoms with Gasteiger partial charge in [0.05, 0.1) is 29.8 Å². The van der Waals surface area contributed by atoms with E-state index < -0.39 is 4.92 Å². The third-order valence-electron chi connectivity index (χ3n) is 2.46. The average Bonchev–Trinajstić information content (AvgIpc) is 2.36. The van der Waals surface area contributed by atoms with Crippen LogP contribution in [0.15, 0.2) is 12.1 Å². The molecule has 0 unspecified atom stereocenters. The Morgan fingerprint density at radius 3 is 2.42 bits per heavy atom. The van der Waals surface area contributed by atoms with Gasteiger partial charge in [-0.2, -0.15) is 0 Å². The van der Waals surface area contributed by atoms with Gasteiger partial charge in [-0.05, 0) is 13.8 Å². The van der Waals surface area contributed by atoms with Crippen LogP contribution >= 0.6 is 0 Å². The van der Waals surface area contributed by atoms with Crippen LogP contribution < -0.4 is 9.47 Å². The zero-order valence-electron chi connectivity index (χ0n) is 11.4. The Labute approximate surface area is 111 Å². The Morgan fingerprint density at radius 1 is 1.37 bits per heavy atom. The third kappa shape index (κ3) is 3.43. The van der Waals surface area contributed by atoms with Crippen LogP contribution in [0.4, 0.5) is 5.69 Å². The van der Waals surface area contributed by atoms with Crippen LogP contribution in [0.5, 0.6) is 11.5 Å². The van der Waals surface area contributed by atoms with Gasteiger partial charge >= 0.3 is 0 Å². The summed E-state index contributed by atoms with van der Waals surface area (Å²) in [6.07, 6.45) is 0.0637. The van der Waals surface area contributed by atoms with Gasteiger partial charge in [0.25, 0.3) is 5.69 Å². The Bertz CT molecular complexity index is 496. The second kappa shape index (κ2) is 6.17. The largest absolute Gasteiger partial charge is 0.493 e. The summed E-state index contributed by atoms with van der Waals surface area (Å²) in [6, 6.07) is 2.60. The van der Waals surface area contributed by atoms with E-state index in [0.29, 0.717) is 5.75 Å². The summed E-state index contributed by atoms with van der Waals surface area (Å²) in [7, 11) is 1.40. The molecular formula is C13H17NO5. The molecule has 1 aromatic rings. The molecule has 19 heavy (non-hydrogen) atoms. The Hall–Kier alpha value is -2.11. The smallest absolute Gasteiger partial charge is 0.284 e. The highest BCUT2D eigenvalue weighted by atomic mass is 16.6. The van der Waals surface area contributed by atoms with E-state index in [4.69, 9.17) is 9.47 Å². The molecule has 0 saturated carbocycles. The van der Waals surface area contributed by atoms with Crippen molar-refractivity contribution in [3.8, 4) is 11.5 Å². The van der Waals surface area contributed by atoms with Crippen molar-refractivity contribution in [1.29, 1.82) is 0 Å². The number of ether oxygens (including phenoxy) is 2. The normalized spacial score (nSPS) is 10.4. The lowest BCUT2D eigenvalue weighted by molar-refractivity contribution is -0.385. The highest BCUT2D eigenvalue weighted by Crippen LogP contribution is 2.35. The first kappa shape index (κ1) is 14.9. The molecule has 0 saturated heterocycles. The predicted octanol–water partition coefficient (Wildman–Crippen LogP) is 2.98. The number of carbonyl (C=O) groups excluding carboxylic acids is 1. The molecule has 0 aliphatic carbocycles. The van der Waals surface area contributed by atoms with E-state index in [9.17, 15) is 14.9 Å². The first-order chi connectivity index (χ1) is 8.90. The summed E-state index contributed by atoms with van der Waals surface area (Å²) in [6.45, 7) is 5.30. The maximum Gasteiger partial charge on any atom is 0.284 e. The maximum absolute atomic E-state index is 11.8. The molecule has 6 nitrogen and oxygen atoms in total. The molecule has 6 heteroatoms. The van der Waals surface area contributed by atoms with E-state index in [1.807, 2.05) is 13.8 Å². The summed E-state index contributed by atoms with van der Waals surface area (Å²) in [5.74, 6) is 0.274. The molecule has 0 spiro atoms. The number of ketones is 1. The van der Waals surface area contributed by atoms with Gasteiger partial charge in [-0.25, -0.2) is 0 Å². The molecule has 0 atom stereocenters. The van der Waals surface area contributed by atoms with Gasteiger partial charge in [0.2, 0.25) is 0 Å². The summed E-state index contributed by atoms with van der Waals surface area (Å²) in [4.78, 5) is 22.2. The maximum atomic E-state index is 11.8. The molecule has 0 aliphatic rings. The molecular weight excluding hydrogens is 250 g/mol. The molecule has 0 radical (unpaired) electrons. The van der Waals surface area contributed by atoms with Gasteiger partial charge in [0, 0.05) is 12.5 Å². The number of nitro benzene ring substituents is 1. The molecule has 0 bridgehead atoms. The van der Waals surface area contributed by atoms with Crippen molar-refractivity contribution < 1.29 is 19.2 Å². The number of Topliss-reactive ketones (excluding diaryl/α,β-unsaturated/α-hetero) is 1. The highest BCUT2D eigenvalue weighted by molar-refractivity contribution is 6.00. The van der Waals surface area contributed by atoms with Gasteiger partial charge < -0.3 is 9.47 Å². The fraction of sp³-hybridized carbons (Fsp3) is 0.462. The number of rotatable bonds is 6. The zero-order chi connectivity index (χ0) is 14.6. The molecule has 104 valence electrons. The Balaban J connectivity index is 3.42. The number of benzene rings is 1. The molecule has 0 amide bonds. The van der Waals surface area contributed by atoms with Crippen LogP contribution in [-0.2, 0) is 0 Å². The molecule has 0 aliphatic heterocycles. The van der Waals surface area contributed by atoms with Crippen molar-refractivity contribution >= 4 is 11.5 Å². The Kier molecular flexibility index (Phi) is 4.86. The number of hydrogen-bond donors (Lipinski definition) is 0. The minimum absolute atomic E-state index is 0.0453. The predicted molar refractivity (Wildman–Crippen MR) is 70.0 cm³/mol. The van der Waals surface area contributed by atoms with Crippen molar-refractivity contribution in [1.82, 2.24) is 0 Å². The van der Waals surface area contributed by atoms with Gasteiger partial charge in [-0.1, -0.05) is 6.92 Å². The topological polar surface area (TPSA) is 78.7 Å². The number of methoxy groups -OCH3 is 1. The lowest BCUT2D eigenvalue weighted by Gasteiger charge is -2.14. The molecule has 0 aromatic heterocycles. The van der Waals surface area contributed by atoms with Gasteiger partial charge in [0.1, 0.15) is 0 Å². The minimum atomic E-state index is -0.593. The van der Waals surface area contributed by atoms with Crippen molar-refractivity contribution in [2.24, 2.45) is 0 Å². The lowest BCUT2D eigenvalue weighted by Crippen LogP contribution is -2.09. The number of carbonyl (C=O) groups is 1. The first-order valence-corrected chi connectivity index (χ1v) is 5.97. The molecule has 0 fully saturated rings. The van der Waals surface area contributed by atoms with Gasteiger partial charge in [-0.15, -0.1) is 0 Å². The fourth-order valence-electron chi connectivity index (χ4n) is 1.62. The summed E-state index contributed by atoms with van der Waals surface area (Å²) >= 11 is 0. The summed E-state index contributed by atoms with van der Waals surface area (Å²) < 4.78 is 10.6. The van der Waals surface area contributed by atoms with Crippen molar-refractivity contribution in [3.63, 3.8) is 0 Å². The van der Waals surface area contributed by atoms with E-state index in [2.05, 4.69) is 0 Å². The number of hydrogen-bond acceptors (Lipinski definition) is 5. The fourth-order valence-corrected chi connectivity index (χ4v) is 1.62. The first-order valence-electron chi connectivity index (χ1n) is 5.97. The monoisotopic (exact) mass is 267 g/mol. The molecule has 1 aromatic carbocycles. The molecule has 0 heterocycles. The van der Waals surface area contributed by atoms with Crippen LogP contribution in [0.1, 0.15) is 37.6 Å².